The second-order valence-electron chi connectivity index (χ2n) is 5.10. The summed E-state index contributed by atoms with van der Waals surface area (Å²) in [6, 6.07) is 6.12. The number of furan rings is 1. The smallest absolute Gasteiger partial charge is 0.134 e. The van der Waals surface area contributed by atoms with Gasteiger partial charge in [-0.05, 0) is 45.0 Å². The van der Waals surface area contributed by atoms with Crippen LogP contribution in [0, 0.1) is 5.82 Å². The highest BCUT2D eigenvalue weighted by Gasteiger charge is 2.19. The summed E-state index contributed by atoms with van der Waals surface area (Å²) in [7, 11) is -1.15. The molecule has 1 aromatic heterocycles. The highest BCUT2D eigenvalue weighted by atomic mass is 32.2. The van der Waals surface area contributed by atoms with Gasteiger partial charge in [0.05, 0.1) is 22.3 Å². The van der Waals surface area contributed by atoms with Gasteiger partial charge in [0.25, 0.3) is 0 Å². The predicted molar refractivity (Wildman–Crippen MR) is 70.9 cm³/mol. The van der Waals surface area contributed by atoms with Gasteiger partial charge in [-0.15, -0.1) is 0 Å². The van der Waals surface area contributed by atoms with E-state index in [-0.39, 0.29) is 10.6 Å². The molecule has 0 fully saturated rings. The van der Waals surface area contributed by atoms with Crippen LogP contribution in [0.5, 0.6) is 0 Å². The molecule has 3 nitrogen and oxygen atoms in total. The zero-order valence-electron chi connectivity index (χ0n) is 10.6. The van der Waals surface area contributed by atoms with E-state index in [9.17, 15) is 8.60 Å². The Hall–Kier alpha value is -1.20. The minimum Gasteiger partial charge on any atom is -0.460 e. The molecule has 1 N–H and O–H groups in total. The van der Waals surface area contributed by atoms with Crippen LogP contribution in [0.1, 0.15) is 26.5 Å². The molecule has 18 heavy (non-hydrogen) atoms. The van der Waals surface area contributed by atoms with Gasteiger partial charge in [-0.2, -0.15) is 0 Å². The zero-order valence-corrected chi connectivity index (χ0v) is 11.4. The Morgan fingerprint density at radius 1 is 1.33 bits per heavy atom. The van der Waals surface area contributed by atoms with Gasteiger partial charge in [-0.1, -0.05) is 0 Å². The van der Waals surface area contributed by atoms with E-state index in [2.05, 4.69) is 4.72 Å². The maximum atomic E-state index is 13.0. The van der Waals surface area contributed by atoms with Crippen LogP contribution in [0.2, 0.25) is 0 Å². The fraction of sp³-hybridized carbons (Fsp3) is 0.385. The lowest BCUT2D eigenvalue weighted by Gasteiger charge is -2.17. The molecule has 0 amide bonds. The normalized spacial score (nSPS) is 14.0. The van der Waals surface area contributed by atoms with Crippen LogP contribution in [-0.4, -0.2) is 8.96 Å². The average Bonchev–Trinajstić information content (AvgIpc) is 2.66. The van der Waals surface area contributed by atoms with Crippen molar-refractivity contribution in [2.24, 2.45) is 0 Å². The number of nitrogens with one attached hydrogen (secondary N) is 1. The van der Waals surface area contributed by atoms with Crippen LogP contribution in [0.4, 0.5) is 4.39 Å². The van der Waals surface area contributed by atoms with Crippen molar-refractivity contribution in [1.82, 2.24) is 4.72 Å². The number of fused-ring (bicyclic) bond motifs is 1. The Balaban J connectivity index is 2.11. The molecule has 2 rings (SSSR count). The molecule has 0 saturated carbocycles. The minimum absolute atomic E-state index is 0.291. The van der Waals surface area contributed by atoms with Crippen molar-refractivity contribution in [3.8, 4) is 0 Å². The number of hydrogen-bond donors (Lipinski definition) is 1. The number of halogens is 1. The van der Waals surface area contributed by atoms with Crippen molar-refractivity contribution in [3.05, 3.63) is 35.8 Å². The first-order chi connectivity index (χ1) is 8.36. The predicted octanol–water partition coefficient (Wildman–Crippen LogP) is 3.12. The third-order valence-electron chi connectivity index (χ3n) is 2.46. The lowest BCUT2D eigenvalue weighted by atomic mass is 10.2. The lowest BCUT2D eigenvalue weighted by Crippen LogP contribution is -2.32. The maximum absolute atomic E-state index is 13.0. The Morgan fingerprint density at radius 2 is 2.06 bits per heavy atom. The van der Waals surface area contributed by atoms with Crippen molar-refractivity contribution in [2.75, 3.05) is 0 Å². The van der Waals surface area contributed by atoms with E-state index in [4.69, 9.17) is 4.42 Å². The highest BCUT2D eigenvalue weighted by Crippen LogP contribution is 2.20. The third-order valence-corrected chi connectivity index (χ3v) is 3.98. The Morgan fingerprint density at radius 3 is 2.72 bits per heavy atom. The molecule has 5 heteroatoms. The van der Waals surface area contributed by atoms with Gasteiger partial charge in [0.15, 0.2) is 0 Å². The number of benzene rings is 1. The standard InChI is InChI=1S/C13H16FNO2S/c1-13(2,3)18(16)15-8-11-7-9-6-10(14)4-5-12(9)17-11/h4-7,15H,8H2,1-3H3. The van der Waals surface area contributed by atoms with Crippen LogP contribution < -0.4 is 4.72 Å². The van der Waals surface area contributed by atoms with Gasteiger partial charge in [0.1, 0.15) is 17.2 Å². The quantitative estimate of drug-likeness (QED) is 0.930. The van der Waals surface area contributed by atoms with E-state index in [1.807, 2.05) is 20.8 Å². The first-order valence-electron chi connectivity index (χ1n) is 5.69. The molecule has 0 aliphatic rings. The van der Waals surface area contributed by atoms with Crippen LogP contribution in [0.15, 0.2) is 28.7 Å². The van der Waals surface area contributed by atoms with Crippen molar-refractivity contribution >= 4 is 22.0 Å². The second-order valence-corrected chi connectivity index (χ2v) is 7.15. The minimum atomic E-state index is -1.15. The maximum Gasteiger partial charge on any atom is 0.134 e. The van der Waals surface area contributed by atoms with E-state index in [0.29, 0.717) is 23.3 Å². The molecule has 1 unspecified atom stereocenters. The van der Waals surface area contributed by atoms with Crippen molar-refractivity contribution in [1.29, 1.82) is 0 Å². The molecule has 2 aromatic rings. The zero-order chi connectivity index (χ0) is 13.3. The fourth-order valence-corrected chi connectivity index (χ4v) is 2.22. The Labute approximate surface area is 108 Å². The molecule has 0 saturated heterocycles. The van der Waals surface area contributed by atoms with Gasteiger partial charge in [0.2, 0.25) is 0 Å². The van der Waals surface area contributed by atoms with Gasteiger partial charge < -0.3 is 4.42 Å². The lowest BCUT2D eigenvalue weighted by molar-refractivity contribution is 0.538. The monoisotopic (exact) mass is 269 g/mol. The first kappa shape index (κ1) is 13.2. The molecular weight excluding hydrogens is 253 g/mol. The molecule has 0 bridgehead atoms. The molecule has 1 aromatic carbocycles. The van der Waals surface area contributed by atoms with Crippen LogP contribution in [0.3, 0.4) is 0 Å². The first-order valence-corrected chi connectivity index (χ1v) is 6.84. The van der Waals surface area contributed by atoms with Crippen molar-refractivity contribution < 1.29 is 13.0 Å². The summed E-state index contributed by atoms with van der Waals surface area (Å²) < 4.78 is 32.9. The Kier molecular flexibility index (Phi) is 3.54. The summed E-state index contributed by atoms with van der Waals surface area (Å²) >= 11 is 0. The van der Waals surface area contributed by atoms with Gasteiger partial charge in [-0.25, -0.2) is 13.3 Å². The van der Waals surface area contributed by atoms with Gasteiger partial charge >= 0.3 is 0 Å². The molecular formula is C13H16FNO2S. The number of hydrogen-bond acceptors (Lipinski definition) is 2. The number of rotatable bonds is 3. The van der Waals surface area contributed by atoms with E-state index in [1.165, 1.54) is 12.1 Å². The van der Waals surface area contributed by atoms with Crippen LogP contribution in [0.25, 0.3) is 11.0 Å². The van der Waals surface area contributed by atoms with E-state index in [1.54, 1.807) is 12.1 Å². The summed E-state index contributed by atoms with van der Waals surface area (Å²) in [5, 5.41) is 0.716. The van der Waals surface area contributed by atoms with Gasteiger partial charge in [-0.3, -0.25) is 0 Å². The van der Waals surface area contributed by atoms with E-state index < -0.39 is 11.0 Å². The summed E-state index contributed by atoms with van der Waals surface area (Å²) in [5.74, 6) is 0.356. The molecule has 1 heterocycles. The van der Waals surface area contributed by atoms with E-state index in [0.717, 1.165) is 0 Å². The van der Waals surface area contributed by atoms with Gasteiger partial charge in [0, 0.05) is 5.39 Å². The molecule has 98 valence electrons. The van der Waals surface area contributed by atoms with Crippen LogP contribution in [-0.2, 0) is 17.5 Å². The van der Waals surface area contributed by atoms with Crippen molar-refractivity contribution in [3.63, 3.8) is 0 Å². The summed E-state index contributed by atoms with van der Waals surface area (Å²) in [5.41, 5.74) is 0.634. The molecule has 0 radical (unpaired) electrons. The van der Waals surface area contributed by atoms with Crippen LogP contribution >= 0.6 is 0 Å². The largest absolute Gasteiger partial charge is 0.460 e. The molecule has 0 aliphatic heterocycles. The Bertz CT molecular complexity index is 586. The van der Waals surface area contributed by atoms with E-state index >= 15 is 0 Å². The SMILES string of the molecule is CC(C)(C)S(=O)NCc1cc2cc(F)ccc2o1. The highest BCUT2D eigenvalue weighted by molar-refractivity contribution is 7.84. The molecule has 0 aliphatic carbocycles. The average molecular weight is 269 g/mol. The summed E-state index contributed by atoms with van der Waals surface area (Å²) in [6.45, 7) is 6.04. The molecule has 0 spiro atoms. The topological polar surface area (TPSA) is 42.2 Å². The summed E-state index contributed by atoms with van der Waals surface area (Å²) in [4.78, 5) is 0. The van der Waals surface area contributed by atoms with Crippen molar-refractivity contribution in [2.45, 2.75) is 32.1 Å². The third kappa shape index (κ3) is 2.97. The second kappa shape index (κ2) is 4.82. The fourth-order valence-electron chi connectivity index (χ4n) is 1.51. The summed E-state index contributed by atoms with van der Waals surface area (Å²) in [6.07, 6.45) is 0. The molecule has 1 atom stereocenters.